The van der Waals surface area contributed by atoms with Crippen molar-refractivity contribution in [2.75, 3.05) is 45.1 Å². The van der Waals surface area contributed by atoms with E-state index in [2.05, 4.69) is 17.1 Å². The molecule has 0 amide bonds. The van der Waals surface area contributed by atoms with Crippen LogP contribution in [0.4, 0.5) is 0 Å². The molecule has 0 aromatic heterocycles. The number of morpholine rings is 1. The van der Waals surface area contributed by atoms with Crippen molar-refractivity contribution in [1.82, 2.24) is 10.2 Å². The molecule has 1 fully saturated rings. The first-order valence-electron chi connectivity index (χ1n) is 7.02. The van der Waals surface area contributed by atoms with E-state index in [4.69, 9.17) is 4.74 Å². The third kappa shape index (κ3) is 5.02. The maximum atomic E-state index is 12.1. The summed E-state index contributed by atoms with van der Waals surface area (Å²) < 4.78 is 29.1. The van der Waals surface area contributed by atoms with Crippen LogP contribution >= 0.6 is 0 Å². The van der Waals surface area contributed by atoms with Crippen molar-refractivity contribution in [2.45, 2.75) is 38.5 Å². The smallest absolute Gasteiger partial charge is 0.156 e. The molecule has 0 saturated carbocycles. The van der Waals surface area contributed by atoms with Crippen molar-refractivity contribution >= 4 is 9.84 Å². The Morgan fingerprint density at radius 1 is 1.37 bits per heavy atom. The predicted molar refractivity (Wildman–Crippen MR) is 78.3 cm³/mol. The van der Waals surface area contributed by atoms with Crippen LogP contribution in [-0.2, 0) is 14.6 Å². The number of likely N-dealkylation sites (N-methyl/N-ethyl adjacent to an activating group) is 1. The lowest BCUT2D eigenvalue weighted by molar-refractivity contribution is -0.00361. The molecule has 1 saturated heterocycles. The molecule has 0 bridgehead atoms. The molecular weight excluding hydrogens is 264 g/mol. The first kappa shape index (κ1) is 16.9. The van der Waals surface area contributed by atoms with E-state index in [1.165, 1.54) is 0 Å². The zero-order valence-corrected chi connectivity index (χ0v) is 13.4. The van der Waals surface area contributed by atoms with Crippen LogP contribution in [0.25, 0.3) is 0 Å². The Kier molecular flexibility index (Phi) is 6.23. The van der Waals surface area contributed by atoms with Gasteiger partial charge in [-0.05, 0) is 27.3 Å². The lowest BCUT2D eigenvalue weighted by atomic mass is 10.2. The van der Waals surface area contributed by atoms with Gasteiger partial charge in [0.15, 0.2) is 9.84 Å². The number of nitrogens with zero attached hydrogens (tertiary/aromatic N) is 1. The van der Waals surface area contributed by atoms with Gasteiger partial charge in [0.1, 0.15) is 0 Å². The predicted octanol–water partition coefficient (Wildman–Crippen LogP) is 0.510. The van der Waals surface area contributed by atoms with Gasteiger partial charge in [0.2, 0.25) is 0 Å². The quantitative estimate of drug-likeness (QED) is 0.773. The number of hydrogen-bond donors (Lipinski definition) is 1. The molecule has 1 N–H and O–H groups in total. The Labute approximate surface area is 117 Å². The van der Waals surface area contributed by atoms with Gasteiger partial charge in [0, 0.05) is 25.7 Å². The third-order valence-corrected chi connectivity index (χ3v) is 6.15. The Morgan fingerprint density at radius 2 is 2.05 bits per heavy atom. The fraction of sp³-hybridized carbons (Fsp3) is 1.00. The Morgan fingerprint density at radius 3 is 2.63 bits per heavy atom. The topological polar surface area (TPSA) is 58.6 Å². The number of ether oxygens (including phenoxy) is 1. The fourth-order valence-electron chi connectivity index (χ4n) is 2.03. The van der Waals surface area contributed by atoms with Gasteiger partial charge < -0.3 is 10.1 Å². The highest BCUT2D eigenvalue weighted by Crippen LogP contribution is 2.17. The van der Waals surface area contributed by atoms with Crippen LogP contribution in [0.2, 0.25) is 0 Å². The summed E-state index contributed by atoms with van der Waals surface area (Å²) in [6.45, 7) is 11.9. The molecule has 1 heterocycles. The summed E-state index contributed by atoms with van der Waals surface area (Å²) in [7, 11) is -3.04. The second kappa shape index (κ2) is 7.02. The minimum atomic E-state index is -3.04. The molecule has 0 aromatic rings. The first-order chi connectivity index (χ1) is 8.78. The average Bonchev–Trinajstić information content (AvgIpc) is 2.33. The first-order valence-corrected chi connectivity index (χ1v) is 8.68. The maximum absolute atomic E-state index is 12.1. The van der Waals surface area contributed by atoms with Crippen molar-refractivity contribution in [3.05, 3.63) is 0 Å². The lowest BCUT2D eigenvalue weighted by Crippen LogP contribution is -2.52. The molecule has 1 rings (SSSR count). The average molecular weight is 292 g/mol. The van der Waals surface area contributed by atoms with Gasteiger partial charge in [-0.15, -0.1) is 0 Å². The third-order valence-electron chi connectivity index (χ3n) is 3.56. The summed E-state index contributed by atoms with van der Waals surface area (Å²) in [6.07, 6.45) is 0. The molecule has 0 radical (unpaired) electrons. The molecule has 1 aliphatic rings. The monoisotopic (exact) mass is 292 g/mol. The number of nitrogens with one attached hydrogen (secondary N) is 1. The Balaban J connectivity index is 2.54. The van der Waals surface area contributed by atoms with E-state index in [0.717, 1.165) is 19.6 Å². The largest absolute Gasteiger partial charge is 0.378 e. The van der Waals surface area contributed by atoms with Gasteiger partial charge in [-0.3, -0.25) is 4.90 Å². The molecular formula is C13H28N2O3S. The summed E-state index contributed by atoms with van der Waals surface area (Å²) in [6, 6.07) is 0.281. The van der Waals surface area contributed by atoms with Gasteiger partial charge in [0.05, 0.1) is 23.7 Å². The van der Waals surface area contributed by atoms with Crippen LogP contribution in [0.15, 0.2) is 0 Å². The van der Waals surface area contributed by atoms with E-state index in [9.17, 15) is 8.42 Å². The van der Waals surface area contributed by atoms with E-state index in [0.29, 0.717) is 19.8 Å². The van der Waals surface area contributed by atoms with Crippen molar-refractivity contribution < 1.29 is 13.2 Å². The van der Waals surface area contributed by atoms with Crippen molar-refractivity contribution in [1.29, 1.82) is 0 Å². The van der Waals surface area contributed by atoms with E-state index < -0.39 is 14.6 Å². The van der Waals surface area contributed by atoms with Crippen LogP contribution < -0.4 is 5.32 Å². The van der Waals surface area contributed by atoms with Crippen molar-refractivity contribution in [3.63, 3.8) is 0 Å². The van der Waals surface area contributed by atoms with Gasteiger partial charge in [-0.2, -0.15) is 0 Å². The standard InChI is InChI=1S/C13H28N2O3S/c1-5-14-10-12-11-18-8-6-15(12)7-9-19(16,17)13(2,3)4/h12,14H,5-11H2,1-4H3. The minimum Gasteiger partial charge on any atom is -0.378 e. The summed E-state index contributed by atoms with van der Waals surface area (Å²) in [5.74, 6) is 0.221. The molecule has 1 unspecified atom stereocenters. The van der Waals surface area contributed by atoms with E-state index in [-0.39, 0.29) is 11.8 Å². The SMILES string of the molecule is CCNCC1COCCN1CCS(=O)(=O)C(C)(C)C. The number of hydrogen-bond acceptors (Lipinski definition) is 5. The van der Waals surface area contributed by atoms with Crippen LogP contribution in [0.3, 0.4) is 0 Å². The van der Waals surface area contributed by atoms with Crippen LogP contribution in [0.5, 0.6) is 0 Å². The highest BCUT2D eigenvalue weighted by Gasteiger charge is 2.31. The molecule has 5 nitrogen and oxygen atoms in total. The second-order valence-corrected chi connectivity index (χ2v) is 8.87. The normalized spacial score (nSPS) is 22.6. The van der Waals surface area contributed by atoms with Crippen molar-refractivity contribution in [2.24, 2.45) is 0 Å². The van der Waals surface area contributed by atoms with Gasteiger partial charge in [-0.1, -0.05) is 6.92 Å². The lowest BCUT2D eigenvalue weighted by Gasteiger charge is -2.36. The summed E-state index contributed by atoms with van der Waals surface area (Å²) in [5, 5.41) is 3.30. The Hall–Kier alpha value is -0.170. The molecule has 1 atom stereocenters. The summed E-state index contributed by atoms with van der Waals surface area (Å²) in [4.78, 5) is 2.23. The maximum Gasteiger partial charge on any atom is 0.156 e. The van der Waals surface area contributed by atoms with Crippen molar-refractivity contribution in [3.8, 4) is 0 Å². The highest BCUT2D eigenvalue weighted by molar-refractivity contribution is 7.92. The zero-order chi connectivity index (χ0) is 14.5. The molecule has 1 aliphatic heterocycles. The molecule has 0 spiro atoms. The van der Waals surface area contributed by atoms with Gasteiger partial charge in [0.25, 0.3) is 0 Å². The zero-order valence-electron chi connectivity index (χ0n) is 12.6. The summed E-state index contributed by atoms with van der Waals surface area (Å²) in [5.41, 5.74) is 0. The highest BCUT2D eigenvalue weighted by atomic mass is 32.2. The van der Waals surface area contributed by atoms with Crippen LogP contribution in [-0.4, -0.2) is 69.3 Å². The van der Waals surface area contributed by atoms with E-state index >= 15 is 0 Å². The number of sulfone groups is 1. The fourth-order valence-corrected chi connectivity index (χ4v) is 3.11. The minimum absolute atomic E-state index is 0.221. The van der Waals surface area contributed by atoms with Gasteiger partial charge in [-0.25, -0.2) is 8.42 Å². The van der Waals surface area contributed by atoms with Crippen LogP contribution in [0.1, 0.15) is 27.7 Å². The molecule has 0 aromatic carbocycles. The van der Waals surface area contributed by atoms with Gasteiger partial charge >= 0.3 is 0 Å². The van der Waals surface area contributed by atoms with Crippen LogP contribution in [0, 0.1) is 0 Å². The molecule has 6 heteroatoms. The number of rotatable bonds is 6. The van der Waals surface area contributed by atoms with E-state index in [1.807, 2.05) is 0 Å². The molecule has 114 valence electrons. The molecule has 0 aliphatic carbocycles. The molecule has 19 heavy (non-hydrogen) atoms. The van der Waals surface area contributed by atoms with E-state index in [1.54, 1.807) is 20.8 Å². The second-order valence-electron chi connectivity index (χ2n) is 6.00. The Bertz CT molecular complexity index is 363. The summed E-state index contributed by atoms with van der Waals surface area (Å²) >= 11 is 0.